The number of hydrogen-bond acceptors (Lipinski definition) is 4. The Morgan fingerprint density at radius 3 is 2.17 bits per heavy atom. The first-order chi connectivity index (χ1) is 20.1. The summed E-state index contributed by atoms with van der Waals surface area (Å²) >= 11 is 0. The Labute approximate surface area is 237 Å². The maximum Gasteiger partial charge on any atom is 0.258 e. The highest BCUT2D eigenvalue weighted by Crippen LogP contribution is 2.25. The number of aryl methyl sites for hydroxylation is 4. The number of anilines is 1. The lowest BCUT2D eigenvalue weighted by molar-refractivity contribution is 0.0975. The van der Waals surface area contributed by atoms with Crippen LogP contribution in [0, 0.1) is 20.8 Å². The fourth-order valence-corrected chi connectivity index (χ4v) is 4.04. The zero-order chi connectivity index (χ0) is 30.4. The number of carbonyl (C=O) groups excluding carboxylic acids is 2. The van der Waals surface area contributed by atoms with E-state index in [0.717, 1.165) is 22.3 Å². The van der Waals surface area contributed by atoms with Crippen molar-refractivity contribution >= 4 is 29.1 Å². The number of rotatable bonds is 8. The van der Waals surface area contributed by atoms with Crippen molar-refractivity contribution < 1.29 is 17.1 Å². The normalized spacial score (nSPS) is 13.4. The van der Waals surface area contributed by atoms with E-state index in [1.807, 2.05) is 51.1 Å². The molecule has 4 N–H and O–H groups in total. The lowest BCUT2D eigenvalue weighted by Crippen LogP contribution is -2.36. The Bertz CT molecular complexity index is 1620. The number of ether oxygens (including phenoxy) is 1. The van der Waals surface area contributed by atoms with E-state index in [9.17, 15) is 9.59 Å². The minimum absolute atomic E-state index is 0.0953. The highest BCUT2D eigenvalue weighted by molar-refractivity contribution is 6.07. The minimum Gasteiger partial charge on any atom is -0.496 e. The molecule has 0 aliphatic carbocycles. The summed E-state index contributed by atoms with van der Waals surface area (Å²) in [6.45, 7) is 5.67. The fourth-order valence-electron chi connectivity index (χ4n) is 4.04. The third kappa shape index (κ3) is 7.14. The van der Waals surface area contributed by atoms with Crippen LogP contribution in [0.3, 0.4) is 0 Å². The molecule has 2 atom stereocenters. The van der Waals surface area contributed by atoms with Crippen molar-refractivity contribution in [3.05, 3.63) is 124 Å². The van der Waals surface area contributed by atoms with E-state index < -0.39 is 18.7 Å². The Morgan fingerprint density at radius 1 is 0.825 bits per heavy atom. The Hall–Kier alpha value is -4.91. The van der Waals surface area contributed by atoms with Gasteiger partial charge in [-0.15, -0.1) is 0 Å². The molecule has 4 aromatic rings. The molecule has 0 fully saturated rings. The lowest BCUT2D eigenvalue weighted by atomic mass is 10.0. The fraction of sp³-hybridized carbons (Fsp3) is 0.182. The first-order valence-corrected chi connectivity index (χ1v) is 12.8. The number of amides is 2. The minimum atomic E-state index is -0.788. The molecule has 0 saturated heterocycles. The quantitative estimate of drug-likeness (QED) is 0.188. The van der Waals surface area contributed by atoms with Gasteiger partial charge in [0.25, 0.3) is 11.8 Å². The maximum absolute atomic E-state index is 13.0. The first-order valence-electron chi connectivity index (χ1n) is 13.9. The van der Waals surface area contributed by atoms with E-state index >= 15 is 0 Å². The van der Waals surface area contributed by atoms with Crippen LogP contribution in [-0.2, 0) is 12.8 Å². The van der Waals surface area contributed by atoms with Crippen molar-refractivity contribution in [2.75, 3.05) is 12.4 Å². The summed E-state index contributed by atoms with van der Waals surface area (Å²) in [7, 11) is 1.55. The number of guanidine groups is 1. The summed E-state index contributed by atoms with van der Waals surface area (Å²) in [5, 5.41) is 5.49. The van der Waals surface area contributed by atoms with Crippen LogP contribution in [0.2, 0.25) is 0 Å². The molecule has 204 valence electrons. The van der Waals surface area contributed by atoms with E-state index in [2.05, 4.69) is 15.6 Å². The second-order valence-corrected chi connectivity index (χ2v) is 9.39. The van der Waals surface area contributed by atoms with Crippen molar-refractivity contribution in [3.63, 3.8) is 0 Å². The van der Waals surface area contributed by atoms with Crippen molar-refractivity contribution in [3.8, 4) is 5.75 Å². The summed E-state index contributed by atoms with van der Waals surface area (Å²) < 4.78 is 22.3. The second kappa shape index (κ2) is 12.8. The van der Waals surface area contributed by atoms with Gasteiger partial charge in [0.2, 0.25) is 5.96 Å². The molecule has 40 heavy (non-hydrogen) atoms. The highest BCUT2D eigenvalue weighted by atomic mass is 16.5. The molecule has 0 aliphatic rings. The van der Waals surface area contributed by atoms with Gasteiger partial charge in [-0.1, -0.05) is 48.5 Å². The van der Waals surface area contributed by atoms with E-state index in [0.29, 0.717) is 33.8 Å². The number of nitrogens with one attached hydrogen (secondary N) is 2. The largest absolute Gasteiger partial charge is 0.496 e. The topological polar surface area (TPSA) is 106 Å². The predicted molar refractivity (Wildman–Crippen MR) is 161 cm³/mol. The van der Waals surface area contributed by atoms with Crippen molar-refractivity contribution in [1.82, 2.24) is 5.32 Å². The van der Waals surface area contributed by atoms with E-state index in [1.165, 1.54) is 0 Å². The molecular weight excluding hydrogens is 500 g/mol. The number of hydrogen-bond donors (Lipinski definition) is 3. The van der Waals surface area contributed by atoms with Gasteiger partial charge in [0.1, 0.15) is 5.75 Å². The molecule has 7 nitrogen and oxygen atoms in total. The SMILES string of the molecule is [3H]C(c1ccccc1)C([3H])c1ccc(C(=O)Nc2cc(N=C(N)NC(=O)c3cc(C)c(C)c(OC)c3)ccc2C)cc1. The van der Waals surface area contributed by atoms with Gasteiger partial charge >= 0.3 is 0 Å². The molecule has 0 aliphatic heterocycles. The molecule has 0 heterocycles. The smallest absolute Gasteiger partial charge is 0.258 e. The standard InChI is InChI=1S/C33H34N4O3/c1-21-10-17-28(35-33(34)37-32(39)27-18-22(2)23(3)30(19-27)40-4)20-29(21)36-31(38)26-15-13-25(14-16-26)12-11-24-8-6-5-7-9-24/h5-10,13-20H,11-12H2,1-4H3,(H,36,38)(H3,34,35,37,39)/i11T,12T. The Kier molecular flexibility index (Phi) is 8.09. The van der Waals surface area contributed by atoms with Gasteiger partial charge in [-0.3, -0.25) is 14.9 Å². The number of aliphatic imine (C=N–C) groups is 1. The molecule has 0 radical (unpaired) electrons. The average molecular weight is 539 g/mol. The zero-order valence-electron chi connectivity index (χ0n) is 25.0. The summed E-state index contributed by atoms with van der Waals surface area (Å²) in [4.78, 5) is 30.1. The van der Waals surface area contributed by atoms with Crippen LogP contribution in [-0.4, -0.2) is 24.9 Å². The summed E-state index contributed by atoms with van der Waals surface area (Å²) in [6.07, 6.45) is -1.53. The molecule has 0 saturated carbocycles. The van der Waals surface area contributed by atoms with Crippen LogP contribution in [0.4, 0.5) is 11.4 Å². The zero-order valence-corrected chi connectivity index (χ0v) is 23.0. The lowest BCUT2D eigenvalue weighted by Gasteiger charge is -2.12. The molecule has 0 spiro atoms. The van der Waals surface area contributed by atoms with Crippen LogP contribution >= 0.6 is 0 Å². The van der Waals surface area contributed by atoms with Gasteiger partial charge in [0.05, 0.1) is 12.8 Å². The van der Waals surface area contributed by atoms with Gasteiger partial charge in [-0.05, 0) is 97.8 Å². The van der Waals surface area contributed by atoms with Crippen LogP contribution in [0.1, 0.15) is 51.3 Å². The molecule has 2 amide bonds. The first kappa shape index (κ1) is 25.4. The van der Waals surface area contributed by atoms with Crippen LogP contribution in [0.15, 0.2) is 89.9 Å². The average Bonchev–Trinajstić information content (AvgIpc) is 2.99. The van der Waals surface area contributed by atoms with Crippen LogP contribution < -0.4 is 21.1 Å². The number of benzene rings is 4. The van der Waals surface area contributed by atoms with Crippen molar-refractivity contribution in [1.29, 1.82) is 0 Å². The van der Waals surface area contributed by atoms with Crippen LogP contribution in [0.25, 0.3) is 0 Å². The molecular formula is C33H34N4O3. The molecule has 7 heteroatoms. The van der Waals surface area contributed by atoms with Gasteiger partial charge in [0.15, 0.2) is 0 Å². The summed E-state index contributed by atoms with van der Waals surface area (Å²) in [5.74, 6) is -0.238. The summed E-state index contributed by atoms with van der Waals surface area (Å²) in [5.41, 5.74) is 11.9. The molecule has 4 aromatic carbocycles. The van der Waals surface area contributed by atoms with Crippen molar-refractivity contribution in [2.24, 2.45) is 10.7 Å². The van der Waals surface area contributed by atoms with Crippen molar-refractivity contribution in [2.45, 2.75) is 33.6 Å². The van der Waals surface area contributed by atoms with Gasteiger partial charge in [0, 0.05) is 19.6 Å². The van der Waals surface area contributed by atoms with Crippen LogP contribution in [0.5, 0.6) is 5.75 Å². The third-order valence-electron chi connectivity index (χ3n) is 6.50. The third-order valence-corrected chi connectivity index (χ3v) is 6.50. The molecule has 4 rings (SSSR count). The van der Waals surface area contributed by atoms with Gasteiger partial charge in [-0.2, -0.15) is 0 Å². The number of nitrogens with zero attached hydrogens (tertiary/aromatic N) is 1. The van der Waals surface area contributed by atoms with Gasteiger partial charge < -0.3 is 15.8 Å². The molecule has 2 unspecified atom stereocenters. The van der Waals surface area contributed by atoms with E-state index in [1.54, 1.807) is 61.7 Å². The van der Waals surface area contributed by atoms with E-state index in [-0.39, 0.29) is 11.9 Å². The Balaban J connectivity index is 1.44. The second-order valence-electron chi connectivity index (χ2n) is 9.39. The molecule has 0 bridgehead atoms. The maximum atomic E-state index is 13.0. The summed E-state index contributed by atoms with van der Waals surface area (Å²) in [6, 6.07) is 24.6. The van der Waals surface area contributed by atoms with Gasteiger partial charge in [-0.25, -0.2) is 4.99 Å². The highest BCUT2D eigenvalue weighted by Gasteiger charge is 2.13. The monoisotopic (exact) mass is 538 g/mol. The molecule has 0 aromatic heterocycles. The number of nitrogens with two attached hydrogens (primary N) is 1. The number of methoxy groups -OCH3 is 1. The number of carbonyl (C=O) groups is 2. The van der Waals surface area contributed by atoms with E-state index in [4.69, 9.17) is 13.2 Å². The predicted octanol–water partition coefficient (Wildman–Crippen LogP) is 6.03. The Morgan fingerprint density at radius 2 is 1.50 bits per heavy atom.